The maximum Gasteiger partial charge on any atom is 0.131 e. The molecule has 0 radical (unpaired) electrons. The van der Waals surface area contributed by atoms with E-state index < -0.39 is 17.0 Å². The maximum absolute atomic E-state index is 13.5. The van der Waals surface area contributed by atoms with Gasteiger partial charge in [0.25, 0.3) is 0 Å². The molecule has 0 unspecified atom stereocenters. The zero-order valence-electron chi connectivity index (χ0n) is 8.48. The first-order chi connectivity index (χ1) is 6.88. The summed E-state index contributed by atoms with van der Waals surface area (Å²) in [6.07, 6.45) is 0.753. The van der Waals surface area contributed by atoms with Crippen LogP contribution in [0.4, 0.5) is 8.78 Å². The standard InChI is InChI=1S/C11H11BrF2O/c1-11(2,3-4-15)10-8(13)5-7(12)6-9(10)14/h4-6H,3H2,1-2H3. The van der Waals surface area contributed by atoms with Gasteiger partial charge in [0.15, 0.2) is 0 Å². The van der Waals surface area contributed by atoms with Crippen molar-refractivity contribution in [3.8, 4) is 0 Å². The molecule has 1 aromatic rings. The van der Waals surface area contributed by atoms with Crippen LogP contribution in [0.15, 0.2) is 16.6 Å². The van der Waals surface area contributed by atoms with E-state index in [1.165, 1.54) is 12.1 Å². The number of hydrogen-bond donors (Lipinski definition) is 0. The highest BCUT2D eigenvalue weighted by atomic mass is 79.9. The van der Waals surface area contributed by atoms with E-state index in [-0.39, 0.29) is 12.0 Å². The number of rotatable bonds is 3. The lowest BCUT2D eigenvalue weighted by molar-refractivity contribution is -0.108. The first kappa shape index (κ1) is 12.3. The van der Waals surface area contributed by atoms with E-state index in [0.29, 0.717) is 10.8 Å². The Hall–Kier alpha value is -0.770. The largest absolute Gasteiger partial charge is 0.303 e. The Morgan fingerprint density at radius 3 is 2.20 bits per heavy atom. The molecule has 0 bridgehead atoms. The molecule has 0 amide bonds. The molecule has 0 aliphatic rings. The van der Waals surface area contributed by atoms with Crippen LogP contribution in [0.1, 0.15) is 25.8 Å². The summed E-state index contributed by atoms with van der Waals surface area (Å²) >= 11 is 3.00. The highest BCUT2D eigenvalue weighted by Gasteiger charge is 2.27. The van der Waals surface area contributed by atoms with Gasteiger partial charge >= 0.3 is 0 Å². The third kappa shape index (κ3) is 2.62. The van der Waals surface area contributed by atoms with Crippen molar-refractivity contribution in [1.82, 2.24) is 0 Å². The third-order valence-corrected chi connectivity index (χ3v) is 2.74. The molecule has 0 aliphatic carbocycles. The number of hydrogen-bond acceptors (Lipinski definition) is 1. The van der Waals surface area contributed by atoms with Crippen molar-refractivity contribution in [2.24, 2.45) is 0 Å². The van der Waals surface area contributed by atoms with Gasteiger partial charge in [0.1, 0.15) is 17.9 Å². The quantitative estimate of drug-likeness (QED) is 0.771. The van der Waals surface area contributed by atoms with Crippen LogP contribution in [-0.2, 0) is 10.2 Å². The zero-order chi connectivity index (χ0) is 11.6. The van der Waals surface area contributed by atoms with E-state index in [1.54, 1.807) is 13.8 Å². The van der Waals surface area contributed by atoms with Crippen LogP contribution in [0.2, 0.25) is 0 Å². The molecule has 15 heavy (non-hydrogen) atoms. The minimum atomic E-state index is -0.823. The Morgan fingerprint density at radius 1 is 1.33 bits per heavy atom. The van der Waals surface area contributed by atoms with Gasteiger partial charge in [-0.1, -0.05) is 29.8 Å². The molecule has 0 atom stereocenters. The van der Waals surface area contributed by atoms with Crippen molar-refractivity contribution in [2.45, 2.75) is 25.7 Å². The number of carbonyl (C=O) groups is 1. The summed E-state index contributed by atoms with van der Waals surface area (Å²) in [6.45, 7) is 3.27. The van der Waals surface area contributed by atoms with Crippen LogP contribution in [-0.4, -0.2) is 6.29 Å². The van der Waals surface area contributed by atoms with E-state index in [0.717, 1.165) is 0 Å². The minimum absolute atomic E-state index is 0.0437. The summed E-state index contributed by atoms with van der Waals surface area (Å²) in [5.74, 6) is -1.26. The molecule has 0 saturated heterocycles. The summed E-state index contributed by atoms with van der Waals surface area (Å²) in [4.78, 5) is 10.4. The molecule has 0 heterocycles. The summed E-state index contributed by atoms with van der Waals surface area (Å²) in [7, 11) is 0. The molecule has 0 N–H and O–H groups in total. The van der Waals surface area contributed by atoms with Gasteiger partial charge < -0.3 is 4.79 Å². The van der Waals surface area contributed by atoms with E-state index in [4.69, 9.17) is 0 Å². The molecule has 0 fully saturated rings. The molecule has 82 valence electrons. The molecule has 1 nitrogen and oxygen atoms in total. The van der Waals surface area contributed by atoms with E-state index >= 15 is 0 Å². The average molecular weight is 277 g/mol. The first-order valence-corrected chi connectivity index (χ1v) is 5.26. The van der Waals surface area contributed by atoms with Crippen LogP contribution in [0, 0.1) is 11.6 Å². The van der Waals surface area contributed by atoms with Crippen LogP contribution >= 0.6 is 15.9 Å². The number of aldehydes is 1. The Morgan fingerprint density at radius 2 is 1.80 bits per heavy atom. The topological polar surface area (TPSA) is 17.1 Å². The summed E-state index contributed by atoms with van der Waals surface area (Å²) in [6, 6.07) is 2.40. The molecular weight excluding hydrogens is 266 g/mol. The van der Waals surface area contributed by atoms with Crippen molar-refractivity contribution in [1.29, 1.82) is 0 Å². The fourth-order valence-electron chi connectivity index (χ4n) is 1.50. The predicted molar refractivity (Wildman–Crippen MR) is 57.8 cm³/mol. The van der Waals surface area contributed by atoms with Gasteiger partial charge in [-0.3, -0.25) is 0 Å². The second kappa shape index (κ2) is 4.39. The van der Waals surface area contributed by atoms with Crippen LogP contribution < -0.4 is 0 Å². The van der Waals surface area contributed by atoms with E-state index in [1.807, 2.05) is 0 Å². The molecule has 0 aromatic heterocycles. The SMILES string of the molecule is CC(C)(CC=O)c1c(F)cc(Br)cc1F. The lowest BCUT2D eigenvalue weighted by Gasteiger charge is -2.23. The zero-order valence-corrected chi connectivity index (χ0v) is 10.1. The molecule has 0 aliphatic heterocycles. The number of halogens is 3. The summed E-state index contributed by atoms with van der Waals surface area (Å²) in [5.41, 5.74) is -0.867. The van der Waals surface area contributed by atoms with Gasteiger partial charge in [-0.2, -0.15) is 0 Å². The summed E-state index contributed by atoms with van der Waals surface area (Å²) in [5, 5.41) is 0. The lowest BCUT2D eigenvalue weighted by atomic mass is 9.81. The van der Waals surface area contributed by atoms with Crippen LogP contribution in [0.5, 0.6) is 0 Å². The van der Waals surface area contributed by atoms with Crippen molar-refractivity contribution < 1.29 is 13.6 Å². The fourth-order valence-corrected chi connectivity index (χ4v) is 1.90. The molecule has 4 heteroatoms. The van der Waals surface area contributed by atoms with Crippen LogP contribution in [0.25, 0.3) is 0 Å². The molecule has 0 saturated carbocycles. The Bertz CT molecular complexity index is 365. The van der Waals surface area contributed by atoms with E-state index in [9.17, 15) is 13.6 Å². The van der Waals surface area contributed by atoms with Gasteiger partial charge in [0, 0.05) is 21.9 Å². The molecule has 0 spiro atoms. The molecule has 1 aromatic carbocycles. The third-order valence-electron chi connectivity index (χ3n) is 2.28. The fraction of sp³-hybridized carbons (Fsp3) is 0.364. The normalized spacial score (nSPS) is 11.5. The van der Waals surface area contributed by atoms with Crippen LogP contribution in [0.3, 0.4) is 0 Å². The average Bonchev–Trinajstić information content (AvgIpc) is 1.99. The molecular formula is C11H11BrF2O. The van der Waals surface area contributed by atoms with Gasteiger partial charge in [-0.05, 0) is 12.1 Å². The number of benzene rings is 1. The lowest BCUT2D eigenvalue weighted by Crippen LogP contribution is -2.21. The van der Waals surface area contributed by atoms with Crippen molar-refractivity contribution in [3.05, 3.63) is 33.8 Å². The van der Waals surface area contributed by atoms with E-state index in [2.05, 4.69) is 15.9 Å². The van der Waals surface area contributed by atoms with Crippen molar-refractivity contribution in [3.63, 3.8) is 0 Å². The van der Waals surface area contributed by atoms with Gasteiger partial charge in [0.05, 0.1) is 0 Å². The highest BCUT2D eigenvalue weighted by Crippen LogP contribution is 2.32. The Labute approximate surface area is 95.6 Å². The highest BCUT2D eigenvalue weighted by molar-refractivity contribution is 9.10. The second-order valence-corrected chi connectivity index (χ2v) is 4.91. The monoisotopic (exact) mass is 276 g/mol. The summed E-state index contributed by atoms with van der Waals surface area (Å²) < 4.78 is 27.4. The van der Waals surface area contributed by atoms with Crippen molar-refractivity contribution >= 4 is 22.2 Å². The maximum atomic E-state index is 13.5. The van der Waals surface area contributed by atoms with Gasteiger partial charge in [0.2, 0.25) is 0 Å². The Balaban J connectivity index is 3.30. The van der Waals surface area contributed by atoms with Gasteiger partial charge in [-0.25, -0.2) is 8.78 Å². The second-order valence-electron chi connectivity index (χ2n) is 4.00. The van der Waals surface area contributed by atoms with Crippen molar-refractivity contribution in [2.75, 3.05) is 0 Å². The Kier molecular flexibility index (Phi) is 3.60. The predicted octanol–water partition coefficient (Wildman–Crippen LogP) is 3.59. The minimum Gasteiger partial charge on any atom is -0.303 e. The number of carbonyl (C=O) groups excluding carboxylic acids is 1. The first-order valence-electron chi connectivity index (χ1n) is 4.47. The van der Waals surface area contributed by atoms with Gasteiger partial charge in [-0.15, -0.1) is 0 Å². The smallest absolute Gasteiger partial charge is 0.131 e. The molecule has 1 rings (SSSR count).